The van der Waals surface area contributed by atoms with E-state index in [9.17, 15) is 14.7 Å². The SMILES string of the molecule is C=CC1CCC23CCNC2C(=O)C2OC4CCC2OC(C(=O)C(O)CC4C)C3(C)C1. The third-order valence-electron chi connectivity index (χ3n) is 9.26. The Morgan fingerprint density at radius 3 is 2.67 bits per heavy atom. The van der Waals surface area contributed by atoms with Crippen LogP contribution in [0.15, 0.2) is 12.7 Å². The van der Waals surface area contributed by atoms with Crippen LogP contribution in [0.3, 0.4) is 0 Å². The molecule has 0 amide bonds. The number of aliphatic hydroxyl groups is 1. The van der Waals surface area contributed by atoms with E-state index < -0.39 is 29.8 Å². The van der Waals surface area contributed by atoms with Crippen LogP contribution in [0.2, 0.25) is 0 Å². The second-order valence-corrected chi connectivity index (χ2v) is 10.7. The number of allylic oxidation sites excluding steroid dienone is 1. The summed E-state index contributed by atoms with van der Waals surface area (Å²) >= 11 is 0. The van der Waals surface area contributed by atoms with Crippen LogP contribution in [0.5, 0.6) is 0 Å². The van der Waals surface area contributed by atoms with Crippen LogP contribution in [-0.4, -0.2) is 59.8 Å². The van der Waals surface area contributed by atoms with Crippen LogP contribution in [0.1, 0.15) is 58.8 Å². The predicted molar refractivity (Wildman–Crippen MR) is 111 cm³/mol. The fourth-order valence-corrected chi connectivity index (χ4v) is 7.48. The minimum Gasteiger partial charge on any atom is -0.385 e. The van der Waals surface area contributed by atoms with Crippen molar-refractivity contribution in [3.05, 3.63) is 12.7 Å². The number of ether oxygens (including phenoxy) is 2. The van der Waals surface area contributed by atoms with Gasteiger partial charge in [-0.25, -0.2) is 0 Å². The average molecular weight is 418 g/mol. The Morgan fingerprint density at radius 2 is 1.90 bits per heavy atom. The van der Waals surface area contributed by atoms with Crippen molar-refractivity contribution in [1.82, 2.24) is 5.32 Å². The molecular formula is C24H35NO5. The molecule has 30 heavy (non-hydrogen) atoms. The van der Waals surface area contributed by atoms with Gasteiger partial charge in [0.15, 0.2) is 11.6 Å². The molecule has 6 nitrogen and oxygen atoms in total. The number of nitrogens with one attached hydrogen (secondary N) is 1. The summed E-state index contributed by atoms with van der Waals surface area (Å²) in [6.45, 7) is 8.92. The summed E-state index contributed by atoms with van der Waals surface area (Å²) in [5.74, 6) is 0.186. The summed E-state index contributed by atoms with van der Waals surface area (Å²) in [6, 6.07) is -0.328. The molecule has 0 aromatic heterocycles. The molecule has 1 saturated carbocycles. The summed E-state index contributed by atoms with van der Waals surface area (Å²) in [6.07, 6.45) is 4.25. The van der Waals surface area contributed by atoms with Gasteiger partial charge < -0.3 is 19.9 Å². The molecule has 6 rings (SSSR count). The van der Waals surface area contributed by atoms with Crippen LogP contribution in [0.25, 0.3) is 0 Å². The molecule has 2 N–H and O–H groups in total. The van der Waals surface area contributed by atoms with E-state index in [0.717, 1.165) is 38.6 Å². The third kappa shape index (κ3) is 2.76. The van der Waals surface area contributed by atoms with Crippen molar-refractivity contribution in [2.45, 2.75) is 95.4 Å². The first-order chi connectivity index (χ1) is 14.3. The lowest BCUT2D eigenvalue weighted by molar-refractivity contribution is -0.232. The van der Waals surface area contributed by atoms with Crippen LogP contribution in [0, 0.1) is 22.7 Å². The van der Waals surface area contributed by atoms with Gasteiger partial charge >= 0.3 is 0 Å². The lowest BCUT2D eigenvalue weighted by atomic mass is 9.48. The Labute approximate surface area is 178 Å². The van der Waals surface area contributed by atoms with E-state index in [-0.39, 0.29) is 41.0 Å². The zero-order chi connectivity index (χ0) is 21.3. The van der Waals surface area contributed by atoms with Crippen LogP contribution in [0.4, 0.5) is 0 Å². The Bertz CT molecular complexity index is 754. The highest BCUT2D eigenvalue weighted by Crippen LogP contribution is 2.62. The van der Waals surface area contributed by atoms with Crippen molar-refractivity contribution >= 4 is 11.6 Å². The van der Waals surface area contributed by atoms with Gasteiger partial charge in [-0.2, -0.15) is 0 Å². The van der Waals surface area contributed by atoms with E-state index in [0.29, 0.717) is 12.8 Å². The number of hydrogen-bond acceptors (Lipinski definition) is 6. The zero-order valence-electron chi connectivity index (χ0n) is 18.1. The van der Waals surface area contributed by atoms with E-state index in [1.807, 2.05) is 13.0 Å². The van der Waals surface area contributed by atoms with Gasteiger partial charge in [-0.05, 0) is 63.3 Å². The molecule has 5 heterocycles. The average Bonchev–Trinajstić information content (AvgIpc) is 3.16. The van der Waals surface area contributed by atoms with Gasteiger partial charge in [0.05, 0.1) is 18.2 Å². The summed E-state index contributed by atoms with van der Waals surface area (Å²) in [4.78, 5) is 27.5. The molecule has 1 spiro atoms. The summed E-state index contributed by atoms with van der Waals surface area (Å²) in [7, 11) is 0. The highest BCUT2D eigenvalue weighted by Gasteiger charge is 2.67. The second kappa shape index (κ2) is 7.22. The predicted octanol–water partition coefficient (Wildman–Crippen LogP) is 2.18. The first-order valence-corrected chi connectivity index (χ1v) is 11.7. The van der Waals surface area contributed by atoms with Crippen molar-refractivity contribution in [2.75, 3.05) is 6.54 Å². The molecule has 0 radical (unpaired) electrons. The van der Waals surface area contributed by atoms with Crippen LogP contribution < -0.4 is 5.32 Å². The second-order valence-electron chi connectivity index (χ2n) is 10.7. The molecule has 0 aromatic rings. The lowest BCUT2D eigenvalue weighted by Gasteiger charge is -2.60. The number of rotatable bonds is 1. The summed E-state index contributed by atoms with van der Waals surface area (Å²) in [5.41, 5.74) is -0.911. The van der Waals surface area contributed by atoms with Gasteiger partial charge in [-0.1, -0.05) is 19.9 Å². The molecule has 6 fully saturated rings. The highest BCUT2D eigenvalue weighted by atomic mass is 16.6. The summed E-state index contributed by atoms with van der Waals surface area (Å²) < 4.78 is 12.9. The minimum atomic E-state index is -1.06. The van der Waals surface area contributed by atoms with Crippen LogP contribution >= 0.6 is 0 Å². The van der Waals surface area contributed by atoms with Gasteiger partial charge in [0.2, 0.25) is 0 Å². The Morgan fingerprint density at radius 1 is 1.13 bits per heavy atom. The van der Waals surface area contributed by atoms with E-state index in [1.54, 1.807) is 0 Å². The summed E-state index contributed by atoms with van der Waals surface area (Å²) in [5, 5.41) is 14.4. The Kier molecular flexibility index (Phi) is 5.01. The van der Waals surface area contributed by atoms with Crippen molar-refractivity contribution < 1.29 is 24.2 Å². The molecule has 4 bridgehead atoms. The molecule has 6 aliphatic rings. The van der Waals surface area contributed by atoms with Crippen molar-refractivity contribution in [3.8, 4) is 0 Å². The maximum Gasteiger partial charge on any atom is 0.190 e. The monoisotopic (exact) mass is 417 g/mol. The van der Waals surface area contributed by atoms with Gasteiger partial charge in [0, 0.05) is 10.8 Å². The maximum atomic E-state index is 13.9. The third-order valence-corrected chi connectivity index (χ3v) is 9.26. The van der Waals surface area contributed by atoms with Crippen molar-refractivity contribution in [1.29, 1.82) is 0 Å². The van der Waals surface area contributed by atoms with Crippen molar-refractivity contribution in [3.63, 3.8) is 0 Å². The quantitative estimate of drug-likeness (QED) is 0.636. The smallest absolute Gasteiger partial charge is 0.190 e. The van der Waals surface area contributed by atoms with Gasteiger partial charge in [-0.3, -0.25) is 9.59 Å². The zero-order valence-corrected chi connectivity index (χ0v) is 18.1. The first-order valence-electron chi connectivity index (χ1n) is 11.7. The minimum absolute atomic E-state index is 0.0137. The topological polar surface area (TPSA) is 84.9 Å². The number of hydrogen-bond donors (Lipinski definition) is 2. The fraction of sp³-hybridized carbons (Fsp3) is 0.833. The number of aliphatic hydroxyl groups excluding tert-OH is 1. The number of fused-ring (bicyclic) bond motifs is 4. The molecule has 10 unspecified atom stereocenters. The van der Waals surface area contributed by atoms with Crippen molar-refractivity contribution in [2.24, 2.45) is 22.7 Å². The number of carbonyl (C=O) groups excluding carboxylic acids is 2. The molecule has 166 valence electrons. The van der Waals surface area contributed by atoms with Gasteiger partial charge in [0.1, 0.15) is 18.3 Å². The molecule has 1 aliphatic carbocycles. The van der Waals surface area contributed by atoms with E-state index in [1.165, 1.54) is 0 Å². The molecular weight excluding hydrogens is 382 g/mol. The molecule has 5 aliphatic heterocycles. The Hall–Kier alpha value is -1.08. The fourth-order valence-electron chi connectivity index (χ4n) is 7.48. The molecule has 10 atom stereocenters. The number of Topliss-reactive ketones (excluding diaryl/α,β-unsaturated/α-hetero) is 2. The highest BCUT2D eigenvalue weighted by molar-refractivity contribution is 5.92. The maximum absolute atomic E-state index is 13.9. The number of carbonyl (C=O) groups is 2. The largest absolute Gasteiger partial charge is 0.385 e. The van der Waals surface area contributed by atoms with E-state index >= 15 is 0 Å². The first kappa shape index (κ1) is 20.8. The lowest BCUT2D eigenvalue weighted by Crippen LogP contribution is -2.68. The molecule has 6 heteroatoms. The molecule has 0 aromatic carbocycles. The Balaban J connectivity index is 1.68. The normalized spacial score (nSPS) is 53.6. The van der Waals surface area contributed by atoms with E-state index in [4.69, 9.17) is 9.47 Å². The number of ketones is 2. The van der Waals surface area contributed by atoms with E-state index in [2.05, 4.69) is 18.8 Å². The van der Waals surface area contributed by atoms with Gasteiger partial charge in [0.25, 0.3) is 0 Å². The molecule has 5 saturated heterocycles. The van der Waals surface area contributed by atoms with Gasteiger partial charge in [-0.15, -0.1) is 6.58 Å². The standard InChI is InChI=1S/C24H35NO5/c1-4-14-7-8-24-9-10-25-21(24)19(28)20-17-6-5-16(29-20)13(2)11-15(26)18(27)22(30-17)23(24,3)12-14/h4,13-17,20-22,25-26H,1,5-12H2,2-3H3. The van der Waals surface area contributed by atoms with Crippen LogP contribution in [-0.2, 0) is 19.1 Å².